The molecule has 0 saturated carbocycles. The van der Waals surface area contributed by atoms with Gasteiger partial charge in [0.1, 0.15) is 5.82 Å². The van der Waals surface area contributed by atoms with Crippen molar-refractivity contribution >= 4 is 31.7 Å². The van der Waals surface area contributed by atoms with Gasteiger partial charge in [-0.25, -0.2) is 13.4 Å². The third kappa shape index (κ3) is 4.88. The second-order valence-electron chi connectivity index (χ2n) is 10.0. The number of aromatic nitrogens is 2. The molecule has 1 atom stereocenters. The molecule has 0 fully saturated rings. The van der Waals surface area contributed by atoms with Gasteiger partial charge in [-0.1, -0.05) is 67.9 Å². The predicted molar refractivity (Wildman–Crippen MR) is 158 cm³/mol. The summed E-state index contributed by atoms with van der Waals surface area (Å²) in [6, 6.07) is 25.2. The van der Waals surface area contributed by atoms with Gasteiger partial charge in [-0.05, 0) is 74.0 Å². The van der Waals surface area contributed by atoms with Crippen LogP contribution >= 0.6 is 0 Å². The molecule has 0 amide bonds. The van der Waals surface area contributed by atoms with Gasteiger partial charge in [-0.2, -0.15) is 4.31 Å². The van der Waals surface area contributed by atoms with Crippen molar-refractivity contribution in [2.75, 3.05) is 6.54 Å². The van der Waals surface area contributed by atoms with E-state index in [1.165, 1.54) is 4.31 Å². The third-order valence-electron chi connectivity index (χ3n) is 7.42. The minimum Gasteiger partial charge on any atom is -0.268 e. The van der Waals surface area contributed by atoms with Crippen LogP contribution in [-0.4, -0.2) is 28.8 Å². The van der Waals surface area contributed by atoms with E-state index in [0.29, 0.717) is 40.8 Å². The van der Waals surface area contributed by atoms with Crippen molar-refractivity contribution in [2.45, 2.75) is 51.5 Å². The van der Waals surface area contributed by atoms with Crippen molar-refractivity contribution in [1.29, 1.82) is 0 Å². The maximum atomic E-state index is 14.4. The second-order valence-corrected chi connectivity index (χ2v) is 11.9. The SMILES string of the molecule is CCCCN(C(C)c1nc2ccccc2c(=O)n1-c1ccc(C)c(C)c1)S(=O)(=O)c1cccc2ccccc12. The fraction of sp³-hybridized carbons (Fsp3) is 0.250. The monoisotopic (exact) mass is 539 g/mol. The lowest BCUT2D eigenvalue weighted by Crippen LogP contribution is -2.38. The molecule has 200 valence electrons. The molecule has 4 aromatic carbocycles. The summed E-state index contributed by atoms with van der Waals surface area (Å²) in [4.78, 5) is 19.1. The number of para-hydroxylation sites is 1. The molecule has 0 bridgehead atoms. The molecule has 7 heteroatoms. The molecule has 39 heavy (non-hydrogen) atoms. The van der Waals surface area contributed by atoms with E-state index in [9.17, 15) is 13.2 Å². The highest BCUT2D eigenvalue weighted by molar-refractivity contribution is 7.89. The minimum absolute atomic E-state index is 0.219. The third-order valence-corrected chi connectivity index (χ3v) is 9.45. The van der Waals surface area contributed by atoms with Gasteiger partial charge in [-0.3, -0.25) is 9.36 Å². The minimum atomic E-state index is -3.95. The molecule has 0 N–H and O–H groups in total. The Labute approximate surface area is 229 Å². The number of nitrogens with zero attached hydrogens (tertiary/aromatic N) is 3. The number of hydrogen-bond acceptors (Lipinski definition) is 4. The summed E-state index contributed by atoms with van der Waals surface area (Å²) >= 11 is 0. The van der Waals surface area contributed by atoms with E-state index < -0.39 is 16.1 Å². The van der Waals surface area contributed by atoms with Crippen LogP contribution in [0.4, 0.5) is 0 Å². The van der Waals surface area contributed by atoms with Crippen molar-refractivity contribution in [3.63, 3.8) is 0 Å². The molecule has 0 aliphatic rings. The number of benzene rings is 4. The van der Waals surface area contributed by atoms with Crippen molar-refractivity contribution in [2.24, 2.45) is 0 Å². The Balaban J connectivity index is 1.75. The maximum absolute atomic E-state index is 14.4. The Hall–Kier alpha value is -3.81. The summed E-state index contributed by atoms with van der Waals surface area (Å²) in [7, 11) is -3.95. The van der Waals surface area contributed by atoms with E-state index in [1.54, 1.807) is 28.8 Å². The molecular formula is C32H33N3O3S. The fourth-order valence-electron chi connectivity index (χ4n) is 5.06. The van der Waals surface area contributed by atoms with Gasteiger partial charge in [0, 0.05) is 11.9 Å². The van der Waals surface area contributed by atoms with Gasteiger partial charge in [0.15, 0.2) is 0 Å². The highest BCUT2D eigenvalue weighted by Crippen LogP contribution is 2.32. The van der Waals surface area contributed by atoms with Crippen LogP contribution in [0.2, 0.25) is 0 Å². The van der Waals surface area contributed by atoms with Crippen LogP contribution < -0.4 is 5.56 Å². The standard InChI is InChI=1S/C32H33N3O3S/c1-5-6-20-34(39(37,38)30-17-11-13-25-12-7-8-14-27(25)30)24(4)31-33-29-16-10-9-15-28(29)32(36)35(31)26-19-18-22(2)23(3)21-26/h7-19,21,24H,5-6,20H2,1-4H3. The van der Waals surface area contributed by atoms with Crippen LogP contribution in [0.25, 0.3) is 27.4 Å². The van der Waals surface area contributed by atoms with Crippen LogP contribution in [0.1, 0.15) is 49.7 Å². The molecule has 5 rings (SSSR count). The smallest absolute Gasteiger partial charge is 0.266 e. The first-order chi connectivity index (χ1) is 18.7. The van der Waals surface area contributed by atoms with Crippen molar-refractivity contribution in [3.05, 3.63) is 112 Å². The van der Waals surface area contributed by atoms with Crippen molar-refractivity contribution in [3.8, 4) is 5.69 Å². The molecule has 0 aliphatic heterocycles. The average molecular weight is 540 g/mol. The lowest BCUT2D eigenvalue weighted by molar-refractivity contribution is 0.322. The summed E-state index contributed by atoms with van der Waals surface area (Å²) in [6.45, 7) is 8.19. The lowest BCUT2D eigenvalue weighted by Gasteiger charge is -2.30. The molecule has 0 aliphatic carbocycles. The van der Waals surface area contributed by atoms with Crippen LogP contribution in [0.5, 0.6) is 0 Å². The summed E-state index contributed by atoms with van der Waals surface area (Å²) < 4.78 is 31.8. The summed E-state index contributed by atoms with van der Waals surface area (Å²) in [5.74, 6) is 0.391. The molecule has 5 aromatic rings. The van der Waals surface area contributed by atoms with E-state index in [1.807, 2.05) is 88.4 Å². The Bertz CT molecular complexity index is 1840. The number of rotatable bonds is 8. The first-order valence-corrected chi connectivity index (χ1v) is 14.8. The molecule has 1 aromatic heterocycles. The van der Waals surface area contributed by atoms with E-state index in [0.717, 1.165) is 22.9 Å². The number of hydrogen-bond donors (Lipinski definition) is 0. The first kappa shape index (κ1) is 26.8. The molecule has 0 radical (unpaired) electrons. The molecule has 1 unspecified atom stereocenters. The summed E-state index contributed by atoms with van der Waals surface area (Å²) in [6.07, 6.45) is 1.50. The van der Waals surface area contributed by atoms with Crippen molar-refractivity contribution < 1.29 is 8.42 Å². The quantitative estimate of drug-likeness (QED) is 0.220. The van der Waals surface area contributed by atoms with Crippen molar-refractivity contribution in [1.82, 2.24) is 13.9 Å². The summed E-state index contributed by atoms with van der Waals surface area (Å²) in [5, 5.41) is 2.02. The van der Waals surface area contributed by atoms with Crippen LogP contribution in [0.15, 0.2) is 94.6 Å². The highest BCUT2D eigenvalue weighted by Gasteiger charge is 2.33. The topological polar surface area (TPSA) is 72.3 Å². The van der Waals surface area contributed by atoms with Gasteiger partial charge in [0.2, 0.25) is 10.0 Å². The Morgan fingerprint density at radius 3 is 2.31 bits per heavy atom. The lowest BCUT2D eigenvalue weighted by atomic mass is 10.1. The number of aryl methyl sites for hydroxylation is 2. The van der Waals surface area contributed by atoms with Gasteiger partial charge >= 0.3 is 0 Å². The molecule has 0 spiro atoms. The fourth-order valence-corrected chi connectivity index (χ4v) is 6.90. The zero-order valence-corrected chi connectivity index (χ0v) is 23.6. The number of unbranched alkanes of at least 4 members (excludes halogenated alkanes) is 1. The van der Waals surface area contributed by atoms with Crippen LogP contribution in [0.3, 0.4) is 0 Å². The molecule has 1 heterocycles. The zero-order valence-electron chi connectivity index (χ0n) is 22.8. The number of fused-ring (bicyclic) bond motifs is 2. The Kier molecular flexibility index (Phi) is 7.38. The highest BCUT2D eigenvalue weighted by atomic mass is 32.2. The first-order valence-electron chi connectivity index (χ1n) is 13.3. The van der Waals surface area contributed by atoms with Gasteiger partial charge < -0.3 is 0 Å². The normalized spacial score (nSPS) is 12.8. The molecule has 0 saturated heterocycles. The maximum Gasteiger partial charge on any atom is 0.266 e. The average Bonchev–Trinajstić information content (AvgIpc) is 2.94. The van der Waals surface area contributed by atoms with Gasteiger partial charge in [0.25, 0.3) is 5.56 Å². The summed E-state index contributed by atoms with van der Waals surface area (Å²) in [5.41, 5.74) is 3.14. The van der Waals surface area contributed by atoms with Crippen LogP contribution in [0, 0.1) is 13.8 Å². The van der Waals surface area contributed by atoms with E-state index in [4.69, 9.17) is 4.98 Å². The largest absolute Gasteiger partial charge is 0.268 e. The number of sulfonamides is 1. The van der Waals surface area contributed by atoms with E-state index >= 15 is 0 Å². The van der Waals surface area contributed by atoms with Crippen LogP contribution in [-0.2, 0) is 10.0 Å². The van der Waals surface area contributed by atoms with Gasteiger partial charge in [0.05, 0.1) is 27.5 Å². The molecular weight excluding hydrogens is 506 g/mol. The Morgan fingerprint density at radius 1 is 0.872 bits per heavy atom. The van der Waals surface area contributed by atoms with Gasteiger partial charge in [-0.15, -0.1) is 0 Å². The Morgan fingerprint density at radius 2 is 1.56 bits per heavy atom. The van der Waals surface area contributed by atoms with E-state index in [-0.39, 0.29) is 10.5 Å². The molecule has 6 nitrogen and oxygen atoms in total. The second kappa shape index (κ2) is 10.8. The van der Waals surface area contributed by atoms with E-state index in [2.05, 4.69) is 0 Å². The predicted octanol–water partition coefficient (Wildman–Crippen LogP) is 6.71. The zero-order chi connectivity index (χ0) is 27.7.